The molecule has 61 heavy (non-hydrogen) atoms. The van der Waals surface area contributed by atoms with Crippen LogP contribution in [-0.2, 0) is 30.5 Å². The molecule has 4 aromatic carbocycles. The number of hydrogen-bond donors (Lipinski definition) is 3. The highest BCUT2D eigenvalue weighted by atomic mass is 35.5. The number of ether oxygens (including phenoxy) is 2. The molecule has 7 rings (SSSR count). The second kappa shape index (κ2) is 18.7. The van der Waals surface area contributed by atoms with Gasteiger partial charge in [-0.25, -0.2) is 4.79 Å². The molecule has 320 valence electrons. The summed E-state index contributed by atoms with van der Waals surface area (Å²) < 4.78 is 12.4. The molecule has 5 aromatic rings. The number of thiophene rings is 1. The Morgan fingerprint density at radius 3 is 2.07 bits per heavy atom. The van der Waals surface area contributed by atoms with E-state index in [-0.39, 0.29) is 48.3 Å². The van der Waals surface area contributed by atoms with Gasteiger partial charge in [-0.3, -0.25) is 19.2 Å². The Hall–Kier alpha value is -5.37. The fourth-order valence-electron chi connectivity index (χ4n) is 8.40. The third kappa shape index (κ3) is 9.01. The lowest BCUT2D eigenvalue weighted by Crippen LogP contribution is -2.49. The zero-order chi connectivity index (χ0) is 43.5. The molecule has 2 aliphatic heterocycles. The lowest BCUT2D eigenvalue weighted by Gasteiger charge is -2.23. The molecule has 1 aromatic heterocycles. The van der Waals surface area contributed by atoms with Crippen molar-refractivity contribution >= 4 is 102 Å². The van der Waals surface area contributed by atoms with Crippen LogP contribution in [0.25, 0.3) is 20.9 Å². The Morgan fingerprint density at radius 2 is 1.44 bits per heavy atom. The minimum Gasteiger partial charge on any atom is -0.487 e. The Labute approximate surface area is 368 Å². The van der Waals surface area contributed by atoms with Gasteiger partial charge in [-0.05, 0) is 65.3 Å². The van der Waals surface area contributed by atoms with Crippen LogP contribution in [0.3, 0.4) is 0 Å². The predicted octanol–water partition coefficient (Wildman–Crippen LogP) is 8.71. The first kappa shape index (κ1) is 43.7. The Bertz CT molecular complexity index is 2500. The summed E-state index contributed by atoms with van der Waals surface area (Å²) in [6.45, 7) is 8.15. The number of nitrogens with two attached hydrogens (primary N) is 1. The SMILES string of the molecule is Cc1csc2c(OCc3ccccc3)cc3c(c12)[C@H](CCl)CN3C(=O)CCCC(=O)N1C[C@@H](CCl)c2c1cc(NC(=O)[C@H](C)NC(=O)[C@@H](OC(N)=O)C(C)C)c1ccccc21. The first-order valence-electron chi connectivity index (χ1n) is 20.4. The van der Waals surface area contributed by atoms with E-state index in [4.69, 9.17) is 38.4 Å². The smallest absolute Gasteiger partial charge is 0.405 e. The van der Waals surface area contributed by atoms with Crippen molar-refractivity contribution in [2.75, 3.05) is 40.0 Å². The largest absolute Gasteiger partial charge is 0.487 e. The average Bonchev–Trinajstić information content (AvgIpc) is 3.94. The molecular formula is C46H49Cl2N5O7S. The monoisotopic (exact) mass is 885 g/mol. The van der Waals surface area contributed by atoms with E-state index in [0.29, 0.717) is 43.4 Å². The molecule has 0 fully saturated rings. The number of carbonyl (C=O) groups excluding carboxylic acids is 5. The number of halogens is 2. The van der Waals surface area contributed by atoms with Crippen LogP contribution in [-0.4, -0.2) is 66.7 Å². The second-order valence-corrected chi connectivity index (χ2v) is 17.5. The predicted molar refractivity (Wildman–Crippen MR) is 242 cm³/mol. The molecule has 2 aliphatic rings. The van der Waals surface area contributed by atoms with Crippen LogP contribution in [0.1, 0.15) is 74.1 Å². The summed E-state index contributed by atoms with van der Waals surface area (Å²) >= 11 is 14.7. The van der Waals surface area contributed by atoms with Gasteiger partial charge in [-0.1, -0.05) is 68.4 Å². The number of nitrogens with one attached hydrogen (secondary N) is 2. The number of hydrogen-bond acceptors (Lipinski definition) is 8. The highest BCUT2D eigenvalue weighted by Gasteiger charge is 2.37. The molecule has 5 amide bonds. The lowest BCUT2D eigenvalue weighted by molar-refractivity contribution is -0.134. The van der Waals surface area contributed by atoms with Crippen molar-refractivity contribution in [3.05, 3.63) is 94.4 Å². The van der Waals surface area contributed by atoms with E-state index in [0.717, 1.165) is 54.5 Å². The quantitative estimate of drug-likeness (QED) is 0.0887. The van der Waals surface area contributed by atoms with E-state index in [2.05, 4.69) is 22.9 Å². The van der Waals surface area contributed by atoms with E-state index < -0.39 is 30.1 Å². The normalized spacial score (nSPS) is 16.6. The summed E-state index contributed by atoms with van der Waals surface area (Å²) in [5, 5.41) is 10.3. The van der Waals surface area contributed by atoms with Gasteiger partial charge >= 0.3 is 6.09 Å². The fourth-order valence-corrected chi connectivity index (χ4v) is 9.94. The van der Waals surface area contributed by atoms with Crippen LogP contribution in [0.15, 0.2) is 72.1 Å². The molecule has 0 saturated heterocycles. The maximum Gasteiger partial charge on any atom is 0.405 e. The Kier molecular flexibility index (Phi) is 13.4. The van der Waals surface area contributed by atoms with Crippen LogP contribution >= 0.6 is 34.5 Å². The molecule has 3 heterocycles. The number of aryl methyl sites for hydroxylation is 1. The zero-order valence-corrected chi connectivity index (χ0v) is 36.8. The number of fused-ring (bicyclic) bond motifs is 6. The number of benzene rings is 4. The maximum atomic E-state index is 14.1. The van der Waals surface area contributed by atoms with Crippen molar-refractivity contribution in [1.29, 1.82) is 0 Å². The van der Waals surface area contributed by atoms with Crippen molar-refractivity contribution in [2.24, 2.45) is 11.7 Å². The van der Waals surface area contributed by atoms with Gasteiger partial charge in [-0.2, -0.15) is 0 Å². The zero-order valence-electron chi connectivity index (χ0n) is 34.5. The minimum atomic E-state index is -1.18. The molecular weight excluding hydrogens is 838 g/mol. The molecule has 0 radical (unpaired) electrons. The number of primary amides is 1. The summed E-state index contributed by atoms with van der Waals surface area (Å²) in [6, 6.07) is 20.2. The van der Waals surface area contributed by atoms with E-state index in [1.165, 1.54) is 6.92 Å². The Balaban J connectivity index is 1.07. The molecule has 12 nitrogen and oxygen atoms in total. The standard InChI is InChI=1S/C46H49Cl2N5O7S/c1-25(2)42(60-46(49)58)45(57)50-27(4)44(56)51-33-17-34-40(32-14-9-8-13-31(32)33)29(19-47)21-52(34)37(54)15-10-16-38(55)53-22-30(20-48)41-35(53)18-36(43-39(41)26(3)24-61-43)59-23-28-11-6-5-7-12-28/h5-9,11-14,17-18,24-25,27,29-30,42H,10,15-16,19-23H2,1-4H3,(H2,49,58)(H,50,57)(H,51,56)/t27-,29+,30+,42-/m0/s1. The van der Waals surface area contributed by atoms with Gasteiger partial charge in [0.1, 0.15) is 18.4 Å². The molecule has 0 unspecified atom stereocenters. The van der Waals surface area contributed by atoms with Crippen LogP contribution < -0.4 is 30.9 Å². The number of rotatable bonds is 15. The van der Waals surface area contributed by atoms with E-state index >= 15 is 0 Å². The highest BCUT2D eigenvalue weighted by molar-refractivity contribution is 7.17. The van der Waals surface area contributed by atoms with Gasteiger partial charge in [0.05, 0.1) is 16.1 Å². The molecule has 4 N–H and O–H groups in total. The minimum absolute atomic E-state index is 0.0496. The number of nitrogens with zero attached hydrogens (tertiary/aromatic N) is 2. The molecule has 4 atom stereocenters. The van der Waals surface area contributed by atoms with Gasteiger partial charge in [0.2, 0.25) is 17.7 Å². The van der Waals surface area contributed by atoms with Gasteiger partial charge in [0.15, 0.2) is 6.10 Å². The van der Waals surface area contributed by atoms with Gasteiger partial charge in [-0.15, -0.1) is 34.5 Å². The highest BCUT2D eigenvalue weighted by Crippen LogP contribution is 2.49. The number of anilines is 3. The first-order chi connectivity index (χ1) is 29.3. The van der Waals surface area contributed by atoms with Crippen LogP contribution in [0, 0.1) is 12.8 Å². The topological polar surface area (TPSA) is 160 Å². The van der Waals surface area contributed by atoms with Crippen molar-refractivity contribution in [1.82, 2.24) is 5.32 Å². The van der Waals surface area contributed by atoms with E-state index in [1.807, 2.05) is 60.7 Å². The summed E-state index contributed by atoms with van der Waals surface area (Å²) in [5.41, 5.74) is 11.1. The van der Waals surface area contributed by atoms with E-state index in [9.17, 15) is 24.0 Å². The third-order valence-corrected chi connectivity index (χ3v) is 13.2. The fraction of sp³-hybridized carbons (Fsp3) is 0.370. The maximum absolute atomic E-state index is 14.1. The number of alkyl halides is 2. The molecule has 0 aliphatic carbocycles. The van der Waals surface area contributed by atoms with Crippen molar-refractivity contribution in [2.45, 2.75) is 77.5 Å². The summed E-state index contributed by atoms with van der Waals surface area (Å²) in [7, 11) is 0. The lowest BCUT2D eigenvalue weighted by atomic mass is 9.95. The molecule has 15 heteroatoms. The number of carbonyl (C=O) groups is 5. The van der Waals surface area contributed by atoms with Crippen molar-refractivity contribution in [3.63, 3.8) is 0 Å². The molecule has 0 saturated carbocycles. The first-order valence-corrected chi connectivity index (χ1v) is 22.3. The third-order valence-electron chi connectivity index (χ3n) is 11.4. The summed E-state index contributed by atoms with van der Waals surface area (Å²) in [6.07, 6.45) is -1.71. The van der Waals surface area contributed by atoms with Crippen molar-refractivity contribution < 1.29 is 33.4 Å². The summed E-state index contributed by atoms with van der Waals surface area (Å²) in [4.78, 5) is 69.5. The van der Waals surface area contributed by atoms with Crippen LogP contribution in [0.5, 0.6) is 5.75 Å². The average molecular weight is 887 g/mol. The van der Waals surface area contributed by atoms with Crippen LogP contribution in [0.4, 0.5) is 21.9 Å². The van der Waals surface area contributed by atoms with E-state index in [1.54, 1.807) is 41.1 Å². The molecule has 0 spiro atoms. The Morgan fingerprint density at radius 1 is 0.836 bits per heavy atom. The number of amides is 5. The molecule has 0 bridgehead atoms. The van der Waals surface area contributed by atoms with Gasteiger partial charge in [0, 0.05) is 72.1 Å². The second-order valence-electron chi connectivity index (χ2n) is 16.0. The summed E-state index contributed by atoms with van der Waals surface area (Å²) in [5.74, 6) is -0.707. The van der Waals surface area contributed by atoms with Crippen LogP contribution in [0.2, 0.25) is 0 Å². The van der Waals surface area contributed by atoms with Crippen molar-refractivity contribution in [3.8, 4) is 5.75 Å². The van der Waals surface area contributed by atoms with Gasteiger partial charge < -0.3 is 35.6 Å². The van der Waals surface area contributed by atoms with Gasteiger partial charge in [0.25, 0.3) is 5.91 Å².